The van der Waals surface area contributed by atoms with E-state index in [0.717, 1.165) is 12.0 Å². The second-order valence-electron chi connectivity index (χ2n) is 5.01. The Hall–Kier alpha value is -2.48. The molecule has 22 heavy (non-hydrogen) atoms. The number of thiazole rings is 1. The number of rotatable bonds is 4. The summed E-state index contributed by atoms with van der Waals surface area (Å²) >= 11 is 1.39. The Balaban J connectivity index is 1.84. The van der Waals surface area contributed by atoms with Crippen LogP contribution in [0.3, 0.4) is 0 Å². The highest BCUT2D eigenvalue weighted by molar-refractivity contribution is 7.14. The number of aliphatic carboxylic acids is 1. The topological polar surface area (TPSA) is 96.6 Å². The summed E-state index contributed by atoms with van der Waals surface area (Å²) < 4.78 is 0. The molecule has 1 N–H and O–H groups in total. The van der Waals surface area contributed by atoms with Gasteiger partial charge < -0.3 is 10.0 Å². The van der Waals surface area contributed by atoms with Gasteiger partial charge >= 0.3 is 5.97 Å². The average Bonchev–Trinajstić information content (AvgIpc) is 3.16. The molecule has 1 fully saturated rings. The number of nitro groups is 1. The minimum absolute atomic E-state index is 0.0321. The van der Waals surface area contributed by atoms with Crippen molar-refractivity contribution in [2.45, 2.75) is 18.9 Å². The molecule has 0 saturated carbocycles. The maximum Gasteiger partial charge on any atom is 0.326 e. The molecule has 2 aromatic rings. The van der Waals surface area contributed by atoms with E-state index in [4.69, 9.17) is 0 Å². The van der Waals surface area contributed by atoms with Crippen molar-refractivity contribution < 1.29 is 14.8 Å². The zero-order valence-electron chi connectivity index (χ0n) is 11.5. The molecule has 1 aliphatic rings. The monoisotopic (exact) mass is 319 g/mol. The third kappa shape index (κ3) is 2.64. The van der Waals surface area contributed by atoms with Crippen LogP contribution in [0.15, 0.2) is 29.6 Å². The molecule has 0 unspecified atom stereocenters. The summed E-state index contributed by atoms with van der Waals surface area (Å²) in [5.74, 6) is -0.829. The summed E-state index contributed by atoms with van der Waals surface area (Å²) in [5, 5.41) is 22.4. The van der Waals surface area contributed by atoms with Gasteiger partial charge in [-0.05, 0) is 25.0 Å². The first kappa shape index (κ1) is 14.5. The third-order valence-electron chi connectivity index (χ3n) is 3.65. The van der Waals surface area contributed by atoms with E-state index in [0.29, 0.717) is 23.8 Å². The summed E-state index contributed by atoms with van der Waals surface area (Å²) in [5.41, 5.74) is 1.51. The van der Waals surface area contributed by atoms with Crippen LogP contribution in [-0.4, -0.2) is 33.6 Å². The number of aromatic nitrogens is 1. The van der Waals surface area contributed by atoms with Gasteiger partial charge in [-0.2, -0.15) is 0 Å². The first-order chi connectivity index (χ1) is 10.6. The zero-order valence-corrected chi connectivity index (χ0v) is 12.3. The van der Waals surface area contributed by atoms with Crippen molar-refractivity contribution in [1.29, 1.82) is 0 Å². The van der Waals surface area contributed by atoms with Crippen molar-refractivity contribution in [3.8, 4) is 11.3 Å². The highest BCUT2D eigenvalue weighted by atomic mass is 32.1. The minimum Gasteiger partial charge on any atom is -0.480 e. The van der Waals surface area contributed by atoms with Gasteiger partial charge in [0.15, 0.2) is 5.13 Å². The van der Waals surface area contributed by atoms with Gasteiger partial charge in [0.05, 0.1) is 10.6 Å². The molecule has 1 atom stereocenters. The SMILES string of the molecule is O=C(O)[C@@H]1CCCN1c1nc(-c2ccc([N+](=O)[O-])cc2)cs1. The highest BCUT2D eigenvalue weighted by Crippen LogP contribution is 2.32. The van der Waals surface area contributed by atoms with Gasteiger partial charge in [0, 0.05) is 29.6 Å². The van der Waals surface area contributed by atoms with E-state index >= 15 is 0 Å². The number of benzene rings is 1. The van der Waals surface area contributed by atoms with Crippen LogP contribution in [0.5, 0.6) is 0 Å². The van der Waals surface area contributed by atoms with Crippen molar-refractivity contribution in [2.75, 3.05) is 11.4 Å². The number of non-ortho nitro benzene ring substituents is 1. The van der Waals surface area contributed by atoms with E-state index < -0.39 is 16.9 Å². The number of nitrogens with zero attached hydrogens (tertiary/aromatic N) is 3. The standard InChI is InChI=1S/C14H13N3O4S/c18-13(19)12-2-1-7-16(12)14-15-11(8-22-14)9-3-5-10(6-4-9)17(20)21/h3-6,8,12H,1-2,7H2,(H,18,19)/t12-/m0/s1. The molecule has 0 aliphatic carbocycles. The predicted molar refractivity (Wildman–Crippen MR) is 82.2 cm³/mol. The molecule has 7 nitrogen and oxygen atoms in total. The van der Waals surface area contributed by atoms with Gasteiger partial charge in [-0.25, -0.2) is 9.78 Å². The van der Waals surface area contributed by atoms with Crippen molar-refractivity contribution in [2.24, 2.45) is 0 Å². The molecule has 0 spiro atoms. The number of carboxylic acid groups (broad SMARTS) is 1. The molecule has 1 aromatic heterocycles. The maximum absolute atomic E-state index is 11.2. The molecule has 3 rings (SSSR count). The molecule has 114 valence electrons. The van der Waals surface area contributed by atoms with Crippen LogP contribution in [0.25, 0.3) is 11.3 Å². The second kappa shape index (κ2) is 5.72. The van der Waals surface area contributed by atoms with Crippen LogP contribution >= 0.6 is 11.3 Å². The summed E-state index contributed by atoms with van der Waals surface area (Å²) in [4.78, 5) is 27.7. The molecule has 1 aromatic carbocycles. The first-order valence-electron chi connectivity index (χ1n) is 6.76. The number of carboxylic acids is 1. The fourth-order valence-corrected chi connectivity index (χ4v) is 3.45. The largest absolute Gasteiger partial charge is 0.480 e. The number of carbonyl (C=O) groups is 1. The minimum atomic E-state index is -0.829. The predicted octanol–water partition coefficient (Wildman–Crippen LogP) is 2.77. The number of hydrogen-bond donors (Lipinski definition) is 1. The molecular weight excluding hydrogens is 306 g/mol. The summed E-state index contributed by atoms with van der Waals surface area (Å²) in [6.45, 7) is 0.685. The van der Waals surface area contributed by atoms with Gasteiger partial charge in [-0.1, -0.05) is 0 Å². The van der Waals surface area contributed by atoms with Gasteiger partial charge in [0.25, 0.3) is 5.69 Å². The van der Waals surface area contributed by atoms with E-state index in [1.54, 1.807) is 12.1 Å². The fraction of sp³-hybridized carbons (Fsp3) is 0.286. The molecule has 0 radical (unpaired) electrons. The normalized spacial score (nSPS) is 17.6. The third-order valence-corrected chi connectivity index (χ3v) is 4.53. The summed E-state index contributed by atoms with van der Waals surface area (Å²) in [6.07, 6.45) is 1.46. The van der Waals surface area contributed by atoms with Crippen LogP contribution in [0.1, 0.15) is 12.8 Å². The maximum atomic E-state index is 11.2. The molecule has 0 bridgehead atoms. The van der Waals surface area contributed by atoms with Gasteiger partial charge in [-0.15, -0.1) is 11.3 Å². The van der Waals surface area contributed by atoms with E-state index in [1.807, 2.05) is 10.3 Å². The van der Waals surface area contributed by atoms with Gasteiger partial charge in [0.2, 0.25) is 0 Å². The van der Waals surface area contributed by atoms with E-state index in [2.05, 4.69) is 4.98 Å². The highest BCUT2D eigenvalue weighted by Gasteiger charge is 2.32. The Morgan fingerprint density at radius 1 is 1.41 bits per heavy atom. The Kier molecular flexibility index (Phi) is 3.76. The van der Waals surface area contributed by atoms with E-state index in [9.17, 15) is 20.0 Å². The van der Waals surface area contributed by atoms with Crippen LogP contribution < -0.4 is 4.90 Å². The fourth-order valence-electron chi connectivity index (χ4n) is 2.54. The lowest BCUT2D eigenvalue weighted by atomic mass is 10.1. The number of nitro benzene ring substituents is 1. The molecule has 0 amide bonds. The average molecular weight is 319 g/mol. The summed E-state index contributed by atoms with van der Waals surface area (Å²) in [6, 6.07) is 5.65. The van der Waals surface area contributed by atoms with Crippen LogP contribution in [0.4, 0.5) is 10.8 Å². The Morgan fingerprint density at radius 2 is 2.14 bits per heavy atom. The lowest BCUT2D eigenvalue weighted by molar-refractivity contribution is -0.384. The Morgan fingerprint density at radius 3 is 2.77 bits per heavy atom. The number of hydrogen-bond acceptors (Lipinski definition) is 6. The first-order valence-corrected chi connectivity index (χ1v) is 7.64. The van der Waals surface area contributed by atoms with E-state index in [-0.39, 0.29) is 5.69 Å². The van der Waals surface area contributed by atoms with Gasteiger partial charge in [0.1, 0.15) is 6.04 Å². The van der Waals surface area contributed by atoms with E-state index in [1.165, 1.54) is 23.5 Å². The molecule has 1 aliphatic heterocycles. The van der Waals surface area contributed by atoms with Crippen LogP contribution in [-0.2, 0) is 4.79 Å². The Bertz CT molecular complexity index is 713. The van der Waals surface area contributed by atoms with Crippen molar-refractivity contribution >= 4 is 28.1 Å². The molecule has 2 heterocycles. The second-order valence-corrected chi connectivity index (χ2v) is 5.85. The quantitative estimate of drug-likeness (QED) is 0.687. The van der Waals surface area contributed by atoms with Crippen molar-refractivity contribution in [1.82, 2.24) is 4.98 Å². The van der Waals surface area contributed by atoms with Crippen LogP contribution in [0, 0.1) is 10.1 Å². The lowest BCUT2D eigenvalue weighted by Gasteiger charge is -2.19. The zero-order chi connectivity index (χ0) is 15.7. The lowest BCUT2D eigenvalue weighted by Crippen LogP contribution is -2.35. The molecule has 8 heteroatoms. The summed E-state index contributed by atoms with van der Waals surface area (Å²) in [7, 11) is 0. The van der Waals surface area contributed by atoms with Crippen molar-refractivity contribution in [3.05, 3.63) is 39.8 Å². The van der Waals surface area contributed by atoms with Crippen LogP contribution in [0.2, 0.25) is 0 Å². The number of anilines is 1. The smallest absolute Gasteiger partial charge is 0.326 e. The molecule has 1 saturated heterocycles. The van der Waals surface area contributed by atoms with Gasteiger partial charge in [-0.3, -0.25) is 10.1 Å². The molecular formula is C14H13N3O4S. The van der Waals surface area contributed by atoms with Crippen molar-refractivity contribution in [3.63, 3.8) is 0 Å². The Labute approximate surface area is 130 Å².